The summed E-state index contributed by atoms with van der Waals surface area (Å²) in [4.78, 5) is 21.8. The zero-order valence-electron chi connectivity index (χ0n) is 11.3. The van der Waals surface area contributed by atoms with Crippen molar-refractivity contribution in [1.82, 2.24) is 14.8 Å². The largest absolute Gasteiger partial charge is 0.375 e. The van der Waals surface area contributed by atoms with Crippen LogP contribution in [0, 0.1) is 5.41 Å². The molecule has 2 aliphatic heterocycles. The van der Waals surface area contributed by atoms with Crippen molar-refractivity contribution in [3.8, 4) is 0 Å². The summed E-state index contributed by atoms with van der Waals surface area (Å²) in [5.41, 5.74) is 5.59. The Hall–Kier alpha value is -1.14. The van der Waals surface area contributed by atoms with Crippen LogP contribution in [0.4, 0.5) is 5.13 Å². The number of piperidine rings is 1. The van der Waals surface area contributed by atoms with Crippen LogP contribution < -0.4 is 5.73 Å². The second-order valence-electron chi connectivity index (χ2n) is 5.70. The molecule has 0 aromatic carbocycles. The van der Waals surface area contributed by atoms with Crippen molar-refractivity contribution in [3.05, 3.63) is 11.1 Å². The summed E-state index contributed by atoms with van der Waals surface area (Å²) in [6.07, 6.45) is 4.87. The van der Waals surface area contributed by atoms with Crippen molar-refractivity contribution in [2.75, 3.05) is 32.4 Å². The third-order valence-corrected chi connectivity index (χ3v) is 5.30. The fourth-order valence-corrected chi connectivity index (χ4v) is 3.94. The Morgan fingerprint density at radius 3 is 2.58 bits per heavy atom. The summed E-state index contributed by atoms with van der Waals surface area (Å²) in [7, 11) is 1.92. The molecule has 3 heterocycles. The van der Waals surface area contributed by atoms with Crippen LogP contribution in [0.3, 0.4) is 0 Å². The van der Waals surface area contributed by atoms with E-state index in [-0.39, 0.29) is 5.41 Å². The van der Waals surface area contributed by atoms with E-state index in [1.54, 1.807) is 11.3 Å². The number of nitrogens with two attached hydrogens (primary N) is 1. The van der Waals surface area contributed by atoms with Crippen molar-refractivity contribution in [2.45, 2.75) is 25.8 Å². The highest BCUT2D eigenvalue weighted by Gasteiger charge is 2.46. The Morgan fingerprint density at radius 1 is 1.37 bits per heavy atom. The van der Waals surface area contributed by atoms with E-state index >= 15 is 0 Å². The first-order valence-corrected chi connectivity index (χ1v) is 7.59. The Morgan fingerprint density at radius 2 is 2.05 bits per heavy atom. The third-order valence-electron chi connectivity index (χ3n) is 4.49. The van der Waals surface area contributed by atoms with Gasteiger partial charge in [-0.3, -0.25) is 9.69 Å². The molecule has 1 aromatic heterocycles. The number of nitrogens with zero attached hydrogens (tertiary/aromatic N) is 3. The van der Waals surface area contributed by atoms with Gasteiger partial charge in [-0.25, -0.2) is 4.98 Å². The highest BCUT2D eigenvalue weighted by atomic mass is 32.1. The second-order valence-corrected chi connectivity index (χ2v) is 6.84. The number of hydrogen-bond donors (Lipinski definition) is 1. The number of aromatic nitrogens is 1. The maximum absolute atomic E-state index is 12.2. The Bertz CT molecular complexity index is 479. The molecule has 104 valence electrons. The first kappa shape index (κ1) is 12.9. The molecular weight excluding hydrogens is 260 g/mol. The summed E-state index contributed by atoms with van der Waals surface area (Å²) in [6.45, 7) is 3.83. The first-order chi connectivity index (χ1) is 9.09. The molecule has 2 saturated heterocycles. The highest BCUT2D eigenvalue weighted by Crippen LogP contribution is 2.41. The summed E-state index contributed by atoms with van der Waals surface area (Å²) in [6, 6.07) is 0. The molecule has 6 heteroatoms. The highest BCUT2D eigenvalue weighted by molar-refractivity contribution is 7.15. The SMILES string of the molecule is CN1CCC2(CCN(Cc3cnc(N)s3)CC2)C1=O. The van der Waals surface area contributed by atoms with Gasteiger partial charge in [0.25, 0.3) is 0 Å². The molecule has 0 atom stereocenters. The molecular formula is C13H20N4OS. The summed E-state index contributed by atoms with van der Waals surface area (Å²) >= 11 is 1.56. The average molecular weight is 280 g/mol. The lowest BCUT2D eigenvalue weighted by Crippen LogP contribution is -2.43. The van der Waals surface area contributed by atoms with Crippen molar-refractivity contribution in [3.63, 3.8) is 0 Å². The lowest BCUT2D eigenvalue weighted by Gasteiger charge is -2.37. The van der Waals surface area contributed by atoms with Crippen LogP contribution in [0.5, 0.6) is 0 Å². The van der Waals surface area contributed by atoms with Crippen LogP contribution in [0.1, 0.15) is 24.1 Å². The third kappa shape index (κ3) is 2.34. The van der Waals surface area contributed by atoms with Gasteiger partial charge in [0.15, 0.2) is 5.13 Å². The normalized spacial score (nSPS) is 23.4. The van der Waals surface area contributed by atoms with Crippen LogP contribution in [0.25, 0.3) is 0 Å². The minimum absolute atomic E-state index is 0.0576. The number of nitrogen functional groups attached to an aromatic ring is 1. The number of carbonyl (C=O) groups excluding carboxylic acids is 1. The van der Waals surface area contributed by atoms with Gasteiger partial charge in [-0.1, -0.05) is 0 Å². The predicted octanol–water partition coefficient (Wildman–Crippen LogP) is 1.17. The number of rotatable bonds is 2. The molecule has 0 saturated carbocycles. The van der Waals surface area contributed by atoms with E-state index in [0.717, 1.165) is 45.4 Å². The van der Waals surface area contributed by atoms with E-state index in [4.69, 9.17) is 5.73 Å². The van der Waals surface area contributed by atoms with E-state index < -0.39 is 0 Å². The van der Waals surface area contributed by atoms with E-state index in [9.17, 15) is 4.79 Å². The molecule has 0 unspecified atom stereocenters. The van der Waals surface area contributed by atoms with Crippen LogP contribution >= 0.6 is 11.3 Å². The van der Waals surface area contributed by atoms with Crippen molar-refractivity contribution in [1.29, 1.82) is 0 Å². The number of anilines is 1. The number of likely N-dealkylation sites (tertiary alicyclic amines) is 2. The van der Waals surface area contributed by atoms with Crippen molar-refractivity contribution in [2.24, 2.45) is 5.41 Å². The van der Waals surface area contributed by atoms with Gasteiger partial charge in [-0.15, -0.1) is 11.3 Å². The quantitative estimate of drug-likeness (QED) is 0.883. The van der Waals surface area contributed by atoms with E-state index in [1.165, 1.54) is 4.88 Å². The van der Waals surface area contributed by atoms with Gasteiger partial charge in [-0.2, -0.15) is 0 Å². The molecule has 3 rings (SSSR count). The lowest BCUT2D eigenvalue weighted by atomic mass is 9.77. The number of carbonyl (C=O) groups is 1. The smallest absolute Gasteiger partial charge is 0.228 e. The van der Waals surface area contributed by atoms with Crippen LogP contribution in [-0.2, 0) is 11.3 Å². The van der Waals surface area contributed by atoms with Gasteiger partial charge >= 0.3 is 0 Å². The Labute approximate surface area is 117 Å². The van der Waals surface area contributed by atoms with Gasteiger partial charge < -0.3 is 10.6 Å². The number of hydrogen-bond acceptors (Lipinski definition) is 5. The van der Waals surface area contributed by atoms with Crippen molar-refractivity contribution < 1.29 is 4.79 Å². The standard InChI is InChI=1S/C13H20N4OS/c1-16-5-2-13(11(16)18)3-6-17(7-4-13)9-10-8-15-12(14)19-10/h8H,2-7,9H2,1H3,(H2,14,15). The van der Waals surface area contributed by atoms with Crippen LogP contribution in [0.2, 0.25) is 0 Å². The molecule has 5 nitrogen and oxygen atoms in total. The second kappa shape index (κ2) is 4.76. The molecule has 0 aliphatic carbocycles. The van der Waals surface area contributed by atoms with E-state index in [0.29, 0.717) is 11.0 Å². The average Bonchev–Trinajstić information content (AvgIpc) is 2.92. The monoisotopic (exact) mass is 280 g/mol. The minimum Gasteiger partial charge on any atom is -0.375 e. The molecule has 1 spiro atoms. The zero-order valence-corrected chi connectivity index (χ0v) is 12.1. The summed E-state index contributed by atoms with van der Waals surface area (Å²) in [5.74, 6) is 0.356. The Balaban J connectivity index is 1.59. The predicted molar refractivity (Wildman–Crippen MR) is 75.7 cm³/mol. The van der Waals surface area contributed by atoms with Gasteiger partial charge in [0.05, 0.1) is 5.41 Å². The molecule has 19 heavy (non-hydrogen) atoms. The molecule has 2 N–H and O–H groups in total. The Kier molecular flexibility index (Phi) is 3.22. The lowest BCUT2D eigenvalue weighted by molar-refractivity contribution is -0.137. The van der Waals surface area contributed by atoms with Gasteiger partial charge in [0, 0.05) is 31.2 Å². The molecule has 2 fully saturated rings. The zero-order chi connectivity index (χ0) is 13.5. The maximum Gasteiger partial charge on any atom is 0.228 e. The fourth-order valence-electron chi connectivity index (χ4n) is 3.21. The number of amides is 1. The first-order valence-electron chi connectivity index (χ1n) is 6.77. The summed E-state index contributed by atoms with van der Waals surface area (Å²) < 4.78 is 0. The van der Waals surface area contributed by atoms with Crippen molar-refractivity contribution >= 4 is 22.4 Å². The van der Waals surface area contributed by atoms with Gasteiger partial charge in [-0.05, 0) is 32.4 Å². The molecule has 0 radical (unpaired) electrons. The summed E-state index contributed by atoms with van der Waals surface area (Å²) in [5, 5.41) is 0.635. The molecule has 2 aliphatic rings. The number of thiazole rings is 1. The molecule has 1 aromatic rings. The van der Waals surface area contributed by atoms with Gasteiger partial charge in [0.1, 0.15) is 0 Å². The van der Waals surface area contributed by atoms with Crippen LogP contribution in [-0.4, -0.2) is 47.4 Å². The maximum atomic E-state index is 12.2. The van der Waals surface area contributed by atoms with E-state index in [1.807, 2.05) is 18.1 Å². The van der Waals surface area contributed by atoms with Crippen LogP contribution in [0.15, 0.2) is 6.20 Å². The molecule has 0 bridgehead atoms. The molecule has 1 amide bonds. The topological polar surface area (TPSA) is 62.5 Å². The van der Waals surface area contributed by atoms with E-state index in [2.05, 4.69) is 9.88 Å². The van der Waals surface area contributed by atoms with Gasteiger partial charge in [0.2, 0.25) is 5.91 Å². The minimum atomic E-state index is -0.0576. The fraction of sp³-hybridized carbons (Fsp3) is 0.692.